The van der Waals surface area contributed by atoms with E-state index in [2.05, 4.69) is 11.4 Å². The van der Waals surface area contributed by atoms with Gasteiger partial charge >= 0.3 is 0 Å². The Hall–Kier alpha value is -1.82. The molecule has 0 aliphatic carbocycles. The molecule has 1 N–H and O–H groups in total. The van der Waals surface area contributed by atoms with Crippen LogP contribution in [0.15, 0.2) is 28.1 Å². The van der Waals surface area contributed by atoms with Crippen LogP contribution in [0.25, 0.3) is 0 Å². The Morgan fingerprint density at radius 1 is 1.50 bits per heavy atom. The number of thioether (sulfide) groups is 1. The van der Waals surface area contributed by atoms with Crippen molar-refractivity contribution in [3.05, 3.63) is 33.0 Å². The van der Waals surface area contributed by atoms with Gasteiger partial charge in [-0.1, -0.05) is 17.8 Å². The number of hydrogen-bond acceptors (Lipinski definition) is 6. The maximum Gasteiger partial charge on any atom is 0.233 e. The smallest absolute Gasteiger partial charge is 0.233 e. The second kappa shape index (κ2) is 7.83. The molecule has 1 aromatic rings. The van der Waals surface area contributed by atoms with Gasteiger partial charge in [0.2, 0.25) is 11.8 Å². The topological polar surface area (TPSA) is 82.4 Å². The molecule has 0 bridgehead atoms. The summed E-state index contributed by atoms with van der Waals surface area (Å²) in [5, 5.41) is 14.8. The highest BCUT2D eigenvalue weighted by molar-refractivity contribution is 8.03. The van der Waals surface area contributed by atoms with Gasteiger partial charge in [-0.25, -0.2) is 0 Å². The molecule has 126 valence electrons. The van der Waals surface area contributed by atoms with E-state index in [1.54, 1.807) is 4.90 Å². The van der Waals surface area contributed by atoms with E-state index in [0.717, 1.165) is 4.88 Å². The third kappa shape index (κ3) is 3.80. The molecule has 6 nitrogen and oxygen atoms in total. The van der Waals surface area contributed by atoms with Gasteiger partial charge in [0, 0.05) is 30.3 Å². The van der Waals surface area contributed by atoms with Gasteiger partial charge in [0.05, 0.1) is 35.6 Å². The number of rotatable bonds is 4. The number of nitriles is 1. The Morgan fingerprint density at radius 2 is 2.29 bits per heavy atom. The van der Waals surface area contributed by atoms with Crippen LogP contribution in [-0.2, 0) is 14.3 Å². The SMILES string of the molecule is N#CC1=C(SCC(=O)N2CCOCC2)NC(=O)C[C@@H]1c1cccs1. The number of ether oxygens (including phenoxy) is 1. The summed E-state index contributed by atoms with van der Waals surface area (Å²) >= 11 is 2.77. The Kier molecular flexibility index (Phi) is 5.56. The number of nitrogens with one attached hydrogen (secondary N) is 1. The molecule has 1 saturated heterocycles. The fourth-order valence-corrected chi connectivity index (χ4v) is 4.52. The fraction of sp³-hybridized carbons (Fsp3) is 0.438. The highest BCUT2D eigenvalue weighted by Gasteiger charge is 2.30. The van der Waals surface area contributed by atoms with Gasteiger partial charge < -0.3 is 15.0 Å². The second-order valence-corrected chi connectivity index (χ2v) is 7.42. The van der Waals surface area contributed by atoms with E-state index in [0.29, 0.717) is 36.9 Å². The van der Waals surface area contributed by atoms with Crippen molar-refractivity contribution in [3.63, 3.8) is 0 Å². The molecule has 3 heterocycles. The number of allylic oxidation sites excluding steroid dienone is 1. The standard InChI is InChI=1S/C16H17N3O3S2/c17-9-12-11(13-2-1-7-23-13)8-14(20)18-16(12)24-10-15(21)19-3-5-22-6-4-19/h1-2,7,11H,3-6,8,10H2,(H,18,20)/t11-/m0/s1. The zero-order valence-corrected chi connectivity index (χ0v) is 14.6. The molecule has 0 unspecified atom stereocenters. The molecule has 0 radical (unpaired) electrons. The Labute approximate surface area is 148 Å². The molecule has 1 atom stereocenters. The van der Waals surface area contributed by atoms with Crippen LogP contribution in [0.4, 0.5) is 0 Å². The van der Waals surface area contributed by atoms with E-state index < -0.39 is 0 Å². The predicted molar refractivity (Wildman–Crippen MR) is 92.3 cm³/mol. The van der Waals surface area contributed by atoms with Gasteiger partial charge in [-0.15, -0.1) is 11.3 Å². The minimum Gasteiger partial charge on any atom is -0.378 e. The van der Waals surface area contributed by atoms with E-state index in [-0.39, 0.29) is 29.9 Å². The van der Waals surface area contributed by atoms with Crippen LogP contribution in [-0.4, -0.2) is 48.8 Å². The van der Waals surface area contributed by atoms with Crippen molar-refractivity contribution in [1.82, 2.24) is 10.2 Å². The molecular weight excluding hydrogens is 346 g/mol. The first kappa shape index (κ1) is 17.0. The quantitative estimate of drug-likeness (QED) is 0.880. The molecule has 0 aromatic carbocycles. The molecular formula is C16H17N3O3S2. The molecule has 1 fully saturated rings. The van der Waals surface area contributed by atoms with E-state index >= 15 is 0 Å². The molecule has 2 aliphatic heterocycles. The zero-order valence-electron chi connectivity index (χ0n) is 13.0. The first-order chi connectivity index (χ1) is 11.7. The average Bonchev–Trinajstić information content (AvgIpc) is 3.14. The summed E-state index contributed by atoms with van der Waals surface area (Å²) in [5.74, 6) is -0.128. The lowest BCUT2D eigenvalue weighted by molar-refractivity contribution is -0.132. The number of nitrogens with zero attached hydrogens (tertiary/aromatic N) is 2. The van der Waals surface area contributed by atoms with Crippen LogP contribution < -0.4 is 5.32 Å². The molecule has 3 rings (SSSR count). The number of thiophene rings is 1. The van der Waals surface area contributed by atoms with Crippen molar-refractivity contribution in [2.75, 3.05) is 32.1 Å². The number of hydrogen-bond donors (Lipinski definition) is 1. The summed E-state index contributed by atoms with van der Waals surface area (Å²) in [4.78, 5) is 27.0. The summed E-state index contributed by atoms with van der Waals surface area (Å²) < 4.78 is 5.24. The molecule has 2 amide bonds. The molecule has 24 heavy (non-hydrogen) atoms. The normalized spacial score (nSPS) is 21.4. The van der Waals surface area contributed by atoms with E-state index in [1.165, 1.54) is 23.1 Å². The van der Waals surface area contributed by atoms with Crippen molar-refractivity contribution in [1.29, 1.82) is 5.26 Å². The highest BCUT2D eigenvalue weighted by atomic mass is 32.2. The second-order valence-electron chi connectivity index (χ2n) is 5.46. The third-order valence-electron chi connectivity index (χ3n) is 3.95. The predicted octanol–water partition coefficient (Wildman–Crippen LogP) is 1.68. The first-order valence-electron chi connectivity index (χ1n) is 7.65. The summed E-state index contributed by atoms with van der Waals surface area (Å²) in [5.41, 5.74) is 0.539. The van der Waals surface area contributed by atoms with Crippen molar-refractivity contribution in [3.8, 4) is 6.07 Å². The van der Waals surface area contributed by atoms with Crippen molar-refractivity contribution >= 4 is 34.9 Å². The maximum atomic E-state index is 12.3. The van der Waals surface area contributed by atoms with Gasteiger partial charge in [0.15, 0.2) is 0 Å². The molecule has 8 heteroatoms. The van der Waals surface area contributed by atoms with Crippen LogP contribution in [0.5, 0.6) is 0 Å². The Balaban J connectivity index is 1.73. The minimum atomic E-state index is -0.218. The number of amides is 2. The summed E-state index contributed by atoms with van der Waals surface area (Å²) in [6.45, 7) is 2.29. The van der Waals surface area contributed by atoms with Crippen molar-refractivity contribution < 1.29 is 14.3 Å². The molecule has 0 spiro atoms. The van der Waals surface area contributed by atoms with Gasteiger partial charge in [0.1, 0.15) is 0 Å². The lowest BCUT2D eigenvalue weighted by atomic mass is 9.93. The van der Waals surface area contributed by atoms with Crippen LogP contribution >= 0.6 is 23.1 Å². The van der Waals surface area contributed by atoms with Crippen LogP contribution in [0, 0.1) is 11.3 Å². The fourth-order valence-electron chi connectivity index (χ4n) is 2.70. The Bertz CT molecular complexity index is 688. The van der Waals surface area contributed by atoms with Gasteiger partial charge in [-0.2, -0.15) is 5.26 Å². The number of carbonyl (C=O) groups excluding carboxylic acids is 2. The lowest BCUT2D eigenvalue weighted by Crippen LogP contribution is -2.42. The Morgan fingerprint density at radius 3 is 2.96 bits per heavy atom. The maximum absolute atomic E-state index is 12.3. The van der Waals surface area contributed by atoms with E-state index in [1.807, 2.05) is 17.5 Å². The average molecular weight is 363 g/mol. The molecule has 0 saturated carbocycles. The van der Waals surface area contributed by atoms with Crippen LogP contribution in [0.3, 0.4) is 0 Å². The lowest BCUT2D eigenvalue weighted by Gasteiger charge is -2.28. The van der Waals surface area contributed by atoms with Gasteiger partial charge in [0.25, 0.3) is 0 Å². The summed E-state index contributed by atoms with van der Waals surface area (Å²) in [6.07, 6.45) is 0.269. The third-order valence-corrected chi connectivity index (χ3v) is 5.93. The highest BCUT2D eigenvalue weighted by Crippen LogP contribution is 2.37. The van der Waals surface area contributed by atoms with Gasteiger partial charge in [-0.05, 0) is 11.4 Å². The van der Waals surface area contributed by atoms with Gasteiger partial charge in [-0.3, -0.25) is 9.59 Å². The first-order valence-corrected chi connectivity index (χ1v) is 9.51. The summed E-state index contributed by atoms with van der Waals surface area (Å²) in [6, 6.07) is 6.07. The number of carbonyl (C=O) groups is 2. The summed E-state index contributed by atoms with van der Waals surface area (Å²) in [7, 11) is 0. The molecule has 1 aromatic heterocycles. The van der Waals surface area contributed by atoms with Crippen molar-refractivity contribution in [2.24, 2.45) is 0 Å². The minimum absolute atomic E-state index is 0.000542. The zero-order chi connectivity index (χ0) is 16.9. The number of morpholine rings is 1. The van der Waals surface area contributed by atoms with Crippen molar-refractivity contribution in [2.45, 2.75) is 12.3 Å². The van der Waals surface area contributed by atoms with Crippen LogP contribution in [0.1, 0.15) is 17.2 Å². The molecule has 2 aliphatic rings. The van der Waals surface area contributed by atoms with E-state index in [9.17, 15) is 14.9 Å². The monoisotopic (exact) mass is 363 g/mol. The van der Waals surface area contributed by atoms with E-state index in [4.69, 9.17) is 4.74 Å². The largest absolute Gasteiger partial charge is 0.378 e. The van der Waals surface area contributed by atoms with Crippen LogP contribution in [0.2, 0.25) is 0 Å².